The van der Waals surface area contributed by atoms with Gasteiger partial charge in [-0.25, -0.2) is 8.42 Å². The number of benzene rings is 2. The van der Waals surface area contributed by atoms with Gasteiger partial charge in [0.25, 0.3) is 0 Å². The molecule has 1 aliphatic rings. The quantitative estimate of drug-likeness (QED) is 0.497. The van der Waals surface area contributed by atoms with Gasteiger partial charge in [-0.05, 0) is 50.8 Å². The number of nitrogens with zero attached hydrogens (tertiary/aromatic N) is 1. The largest absolute Gasteiger partial charge is 0.466 e. The Hall–Kier alpha value is -2.51. The summed E-state index contributed by atoms with van der Waals surface area (Å²) in [7, 11) is -3.80. The highest BCUT2D eigenvalue weighted by molar-refractivity contribution is 7.89. The zero-order valence-corrected chi connectivity index (χ0v) is 18.2. The van der Waals surface area contributed by atoms with Crippen LogP contribution in [-0.2, 0) is 26.0 Å². The van der Waals surface area contributed by atoms with Crippen molar-refractivity contribution in [2.24, 2.45) is 5.41 Å². The first kappa shape index (κ1) is 22.2. The van der Waals surface area contributed by atoms with E-state index in [1.165, 1.54) is 35.5 Å². The normalized spacial score (nSPS) is 19.9. The monoisotopic (exact) mass is 429 g/mol. The molecule has 1 atom stereocenters. The Morgan fingerprint density at radius 2 is 1.73 bits per heavy atom. The van der Waals surface area contributed by atoms with E-state index in [4.69, 9.17) is 4.74 Å². The number of esters is 1. The number of piperidine rings is 1. The van der Waals surface area contributed by atoms with Gasteiger partial charge < -0.3 is 4.74 Å². The van der Waals surface area contributed by atoms with Gasteiger partial charge in [-0.15, -0.1) is 0 Å². The predicted octanol–water partition coefficient (Wildman–Crippen LogP) is 3.47. The van der Waals surface area contributed by atoms with Crippen molar-refractivity contribution in [1.82, 2.24) is 4.31 Å². The highest BCUT2D eigenvalue weighted by Crippen LogP contribution is 2.37. The Bertz CT molecular complexity index is 1000. The van der Waals surface area contributed by atoms with Crippen LogP contribution >= 0.6 is 0 Å². The van der Waals surface area contributed by atoms with Crippen molar-refractivity contribution >= 4 is 21.8 Å². The van der Waals surface area contributed by atoms with Crippen LogP contribution in [0, 0.1) is 5.41 Å². The maximum absolute atomic E-state index is 13.3. The summed E-state index contributed by atoms with van der Waals surface area (Å²) in [4.78, 5) is 24.6. The Balaban J connectivity index is 1.92. The van der Waals surface area contributed by atoms with Gasteiger partial charge in [0.15, 0.2) is 5.78 Å². The van der Waals surface area contributed by atoms with Gasteiger partial charge in [0, 0.05) is 18.7 Å². The van der Waals surface area contributed by atoms with Gasteiger partial charge >= 0.3 is 5.97 Å². The molecule has 0 aliphatic carbocycles. The molecule has 0 saturated carbocycles. The molecule has 1 saturated heterocycles. The molecule has 1 heterocycles. The number of sulfonamides is 1. The van der Waals surface area contributed by atoms with E-state index in [9.17, 15) is 18.0 Å². The smallest absolute Gasteiger partial charge is 0.313 e. The van der Waals surface area contributed by atoms with Gasteiger partial charge in [0.1, 0.15) is 0 Å². The lowest BCUT2D eigenvalue weighted by molar-refractivity contribution is -0.157. The number of rotatable bonds is 7. The van der Waals surface area contributed by atoms with Crippen LogP contribution in [0.5, 0.6) is 0 Å². The van der Waals surface area contributed by atoms with Gasteiger partial charge in [0.2, 0.25) is 10.0 Å². The summed E-state index contributed by atoms with van der Waals surface area (Å²) >= 11 is 0. The predicted molar refractivity (Wildman–Crippen MR) is 114 cm³/mol. The SMILES string of the molecule is CCOC(=O)C1(Cc2ccccc2)CCCN(S(=O)(=O)c2ccc(C(C)=O)cc2)C1. The Morgan fingerprint density at radius 3 is 2.33 bits per heavy atom. The zero-order chi connectivity index (χ0) is 21.8. The average Bonchev–Trinajstić information content (AvgIpc) is 2.75. The maximum atomic E-state index is 13.3. The van der Waals surface area contributed by atoms with Crippen molar-refractivity contribution in [3.05, 3.63) is 65.7 Å². The zero-order valence-electron chi connectivity index (χ0n) is 17.3. The molecule has 0 bridgehead atoms. The molecule has 30 heavy (non-hydrogen) atoms. The number of ether oxygens (including phenoxy) is 1. The molecular formula is C23H27NO5S. The summed E-state index contributed by atoms with van der Waals surface area (Å²) < 4.78 is 33.3. The lowest BCUT2D eigenvalue weighted by Crippen LogP contribution is -2.51. The van der Waals surface area contributed by atoms with E-state index in [1.54, 1.807) is 6.92 Å². The lowest BCUT2D eigenvalue weighted by Gasteiger charge is -2.40. The number of carbonyl (C=O) groups excluding carboxylic acids is 2. The second-order valence-corrected chi connectivity index (χ2v) is 9.62. The van der Waals surface area contributed by atoms with Crippen molar-refractivity contribution in [2.75, 3.05) is 19.7 Å². The average molecular weight is 430 g/mol. The minimum atomic E-state index is -3.80. The van der Waals surface area contributed by atoms with Crippen LogP contribution in [0.15, 0.2) is 59.5 Å². The molecule has 1 unspecified atom stereocenters. The van der Waals surface area contributed by atoms with Crippen LogP contribution in [0.3, 0.4) is 0 Å². The summed E-state index contributed by atoms with van der Waals surface area (Å²) in [5, 5.41) is 0. The van der Waals surface area contributed by atoms with Crippen molar-refractivity contribution < 1.29 is 22.7 Å². The van der Waals surface area contributed by atoms with Gasteiger partial charge in [-0.3, -0.25) is 9.59 Å². The van der Waals surface area contributed by atoms with E-state index in [0.717, 1.165) is 5.56 Å². The molecule has 0 N–H and O–H groups in total. The second-order valence-electron chi connectivity index (χ2n) is 7.69. The third-order valence-electron chi connectivity index (χ3n) is 5.53. The molecule has 1 aliphatic heterocycles. The summed E-state index contributed by atoms with van der Waals surface area (Å²) in [5.74, 6) is -0.484. The molecule has 0 spiro atoms. The van der Waals surface area contributed by atoms with E-state index < -0.39 is 15.4 Å². The molecule has 7 heteroatoms. The van der Waals surface area contributed by atoms with E-state index in [-0.39, 0.29) is 29.8 Å². The van der Waals surface area contributed by atoms with Crippen LogP contribution in [-0.4, -0.2) is 44.2 Å². The third kappa shape index (κ3) is 4.63. The standard InChI is InChI=1S/C23H27NO5S/c1-3-29-22(26)23(16-19-8-5-4-6-9-19)14-7-15-24(17-23)30(27,28)21-12-10-20(11-13-21)18(2)25/h4-6,8-13H,3,7,14-17H2,1-2H3. The minimum absolute atomic E-state index is 0.0670. The van der Waals surface area contributed by atoms with Crippen molar-refractivity contribution in [3.63, 3.8) is 0 Å². The number of hydrogen-bond donors (Lipinski definition) is 0. The van der Waals surface area contributed by atoms with E-state index in [0.29, 0.717) is 31.4 Å². The number of hydrogen-bond acceptors (Lipinski definition) is 5. The minimum Gasteiger partial charge on any atom is -0.466 e. The van der Waals surface area contributed by atoms with Crippen LogP contribution < -0.4 is 0 Å². The van der Waals surface area contributed by atoms with Gasteiger partial charge in [0.05, 0.1) is 16.9 Å². The maximum Gasteiger partial charge on any atom is 0.313 e. The summed E-state index contributed by atoms with van der Waals surface area (Å²) in [5.41, 5.74) is 0.496. The van der Waals surface area contributed by atoms with Crippen molar-refractivity contribution in [2.45, 2.75) is 38.0 Å². The Morgan fingerprint density at radius 1 is 1.07 bits per heavy atom. The molecule has 6 nitrogen and oxygen atoms in total. The fourth-order valence-electron chi connectivity index (χ4n) is 3.96. The van der Waals surface area contributed by atoms with Crippen LogP contribution in [0.4, 0.5) is 0 Å². The van der Waals surface area contributed by atoms with E-state index in [2.05, 4.69) is 0 Å². The van der Waals surface area contributed by atoms with Crippen molar-refractivity contribution in [3.8, 4) is 0 Å². The van der Waals surface area contributed by atoms with Crippen molar-refractivity contribution in [1.29, 1.82) is 0 Å². The lowest BCUT2D eigenvalue weighted by atomic mass is 9.75. The van der Waals surface area contributed by atoms with Crippen LogP contribution in [0.25, 0.3) is 0 Å². The molecule has 0 radical (unpaired) electrons. The Kier molecular flexibility index (Phi) is 6.73. The number of Topliss-reactive ketones (excluding diaryl/α,β-unsaturated/α-hetero) is 1. The molecular weight excluding hydrogens is 402 g/mol. The van der Waals surface area contributed by atoms with Gasteiger partial charge in [-0.1, -0.05) is 42.5 Å². The topological polar surface area (TPSA) is 80.8 Å². The molecule has 3 rings (SSSR count). The highest BCUT2D eigenvalue weighted by atomic mass is 32.2. The highest BCUT2D eigenvalue weighted by Gasteiger charge is 2.46. The molecule has 2 aromatic rings. The second kappa shape index (κ2) is 9.10. The van der Waals surface area contributed by atoms with Crippen LogP contribution in [0.2, 0.25) is 0 Å². The summed E-state index contributed by atoms with van der Waals surface area (Å²) in [6.07, 6.45) is 1.55. The molecule has 160 valence electrons. The molecule has 2 aromatic carbocycles. The molecule has 0 amide bonds. The van der Waals surface area contributed by atoms with E-state index >= 15 is 0 Å². The summed E-state index contributed by atoms with van der Waals surface area (Å²) in [6.45, 7) is 3.84. The number of carbonyl (C=O) groups is 2. The third-order valence-corrected chi connectivity index (χ3v) is 7.39. The summed E-state index contributed by atoms with van der Waals surface area (Å²) in [6, 6.07) is 15.5. The number of ketones is 1. The first-order valence-corrected chi connectivity index (χ1v) is 11.5. The van der Waals surface area contributed by atoms with Gasteiger partial charge in [-0.2, -0.15) is 4.31 Å². The first-order chi connectivity index (χ1) is 14.3. The first-order valence-electron chi connectivity index (χ1n) is 10.1. The fraction of sp³-hybridized carbons (Fsp3) is 0.391. The van der Waals surface area contributed by atoms with Crippen LogP contribution in [0.1, 0.15) is 42.6 Å². The van der Waals surface area contributed by atoms with E-state index in [1.807, 2.05) is 30.3 Å². The fourth-order valence-corrected chi connectivity index (χ4v) is 5.52. The molecule has 1 fully saturated rings. The molecule has 0 aromatic heterocycles. The Labute approximate surface area is 177 Å².